The minimum atomic E-state index is -0.797. The fourth-order valence-corrected chi connectivity index (χ4v) is 6.70. The summed E-state index contributed by atoms with van der Waals surface area (Å²) < 4.78 is 2.61. The molecule has 2 aliphatic rings. The molecule has 5 aromatic carbocycles. The molecule has 1 heterocycles. The number of aromatic nitrogens is 2. The van der Waals surface area contributed by atoms with E-state index in [2.05, 4.69) is 0 Å². The zero-order valence-corrected chi connectivity index (χ0v) is 24.6. The lowest BCUT2D eigenvalue weighted by Gasteiger charge is -2.28. The van der Waals surface area contributed by atoms with E-state index in [9.17, 15) is 19.2 Å². The molecule has 0 fully saturated rings. The predicted octanol–water partition coefficient (Wildman–Crippen LogP) is 5.35. The summed E-state index contributed by atoms with van der Waals surface area (Å²) in [6, 6.07) is 41.0. The van der Waals surface area contributed by atoms with Gasteiger partial charge in [-0.2, -0.15) is 0 Å². The highest BCUT2D eigenvalue weighted by Crippen LogP contribution is 2.33. The smallest absolute Gasteiger partial charge is 0.293 e. The average Bonchev–Trinajstić information content (AvgIpc) is 3.11. The molecular formula is C40H26N2O4. The number of benzene rings is 5. The molecule has 220 valence electrons. The molecule has 46 heavy (non-hydrogen) atoms. The molecule has 0 amide bonds. The van der Waals surface area contributed by atoms with E-state index in [0.717, 1.165) is 22.3 Å². The summed E-state index contributed by atoms with van der Waals surface area (Å²) in [5, 5.41) is 0.404. The SMILES string of the molecule is O=C1C2=c3c(c(=O)n(-c4cccc(-c5ccccc5)c4)c(=O)n3-c3cccc(-c4ccccc4)c3)=CCC2C(=O)c2ccccc21. The van der Waals surface area contributed by atoms with Gasteiger partial charge in [0.25, 0.3) is 5.56 Å². The Kier molecular flexibility index (Phi) is 6.43. The molecule has 0 bridgehead atoms. The van der Waals surface area contributed by atoms with Crippen LogP contribution in [0.3, 0.4) is 0 Å². The van der Waals surface area contributed by atoms with Crippen LogP contribution in [0.2, 0.25) is 0 Å². The molecule has 0 saturated carbocycles. The van der Waals surface area contributed by atoms with Crippen LogP contribution in [0.4, 0.5) is 0 Å². The van der Waals surface area contributed by atoms with Crippen molar-refractivity contribution in [3.05, 3.63) is 176 Å². The van der Waals surface area contributed by atoms with Crippen molar-refractivity contribution in [1.82, 2.24) is 9.13 Å². The van der Waals surface area contributed by atoms with Crippen LogP contribution in [0, 0.1) is 5.92 Å². The van der Waals surface area contributed by atoms with E-state index in [1.165, 1.54) is 9.13 Å². The lowest BCUT2D eigenvalue weighted by Crippen LogP contribution is -2.60. The number of rotatable bonds is 4. The van der Waals surface area contributed by atoms with E-state index in [4.69, 9.17) is 0 Å². The first-order valence-electron chi connectivity index (χ1n) is 15.1. The summed E-state index contributed by atoms with van der Waals surface area (Å²) in [5.41, 5.74) is 4.17. The second-order valence-corrected chi connectivity index (χ2v) is 11.5. The second-order valence-electron chi connectivity index (χ2n) is 11.5. The molecule has 6 aromatic rings. The zero-order valence-electron chi connectivity index (χ0n) is 24.6. The molecule has 0 spiro atoms. The van der Waals surface area contributed by atoms with Crippen LogP contribution in [0.1, 0.15) is 27.1 Å². The summed E-state index contributed by atoms with van der Waals surface area (Å²) >= 11 is 0. The maximum Gasteiger partial charge on any atom is 0.340 e. The van der Waals surface area contributed by atoms with Gasteiger partial charge in [0.05, 0.1) is 27.9 Å². The minimum absolute atomic E-state index is 0.180. The molecule has 8 rings (SSSR count). The van der Waals surface area contributed by atoms with Gasteiger partial charge in [-0.3, -0.25) is 19.0 Å². The van der Waals surface area contributed by atoms with Crippen molar-refractivity contribution in [2.24, 2.45) is 5.92 Å². The van der Waals surface area contributed by atoms with Crippen molar-refractivity contribution in [1.29, 1.82) is 0 Å². The molecule has 1 aromatic heterocycles. The van der Waals surface area contributed by atoms with E-state index in [1.807, 2.05) is 97.1 Å². The number of carbonyl (C=O) groups is 2. The van der Waals surface area contributed by atoms with Gasteiger partial charge in [0.15, 0.2) is 11.6 Å². The van der Waals surface area contributed by atoms with Gasteiger partial charge in [0, 0.05) is 16.7 Å². The molecule has 1 atom stereocenters. The molecule has 1 unspecified atom stereocenters. The van der Waals surface area contributed by atoms with Gasteiger partial charge < -0.3 is 0 Å². The Balaban J connectivity index is 1.48. The van der Waals surface area contributed by atoms with Gasteiger partial charge in [0.1, 0.15) is 0 Å². The van der Waals surface area contributed by atoms with Crippen LogP contribution in [-0.2, 0) is 0 Å². The normalized spacial score (nSPS) is 15.0. The van der Waals surface area contributed by atoms with Crippen LogP contribution in [0.15, 0.2) is 143 Å². The molecular weight excluding hydrogens is 572 g/mol. The summed E-state index contributed by atoms with van der Waals surface area (Å²) in [6.45, 7) is 0. The third-order valence-corrected chi connectivity index (χ3v) is 8.88. The molecule has 6 nitrogen and oxygen atoms in total. The summed E-state index contributed by atoms with van der Waals surface area (Å²) in [4.78, 5) is 57.1. The van der Waals surface area contributed by atoms with Gasteiger partial charge in [-0.25, -0.2) is 9.36 Å². The quantitative estimate of drug-likeness (QED) is 0.274. The average molecular weight is 599 g/mol. The van der Waals surface area contributed by atoms with E-state index >= 15 is 0 Å². The lowest BCUT2D eigenvalue weighted by molar-refractivity contribution is 0.0908. The third-order valence-electron chi connectivity index (χ3n) is 8.88. The first kappa shape index (κ1) is 27.4. The number of hydrogen-bond acceptors (Lipinski definition) is 4. The zero-order chi connectivity index (χ0) is 31.4. The number of nitrogens with zero attached hydrogens (tertiary/aromatic N) is 2. The lowest BCUT2D eigenvalue weighted by atomic mass is 9.74. The Labute approximate surface area is 263 Å². The summed E-state index contributed by atoms with van der Waals surface area (Å²) in [6.07, 6.45) is 1.89. The predicted molar refractivity (Wildman–Crippen MR) is 179 cm³/mol. The third kappa shape index (κ3) is 4.26. The Morgan fingerprint density at radius 2 is 1.04 bits per heavy atom. The number of fused-ring (bicyclic) bond motifs is 3. The van der Waals surface area contributed by atoms with Crippen LogP contribution in [0.5, 0.6) is 0 Å². The molecule has 0 saturated heterocycles. The van der Waals surface area contributed by atoms with E-state index in [1.54, 1.807) is 42.5 Å². The maximum atomic E-state index is 14.8. The Morgan fingerprint density at radius 3 is 1.65 bits per heavy atom. The van der Waals surface area contributed by atoms with Crippen LogP contribution in [-0.4, -0.2) is 20.7 Å². The first-order chi connectivity index (χ1) is 22.5. The van der Waals surface area contributed by atoms with Gasteiger partial charge in [-0.15, -0.1) is 0 Å². The topological polar surface area (TPSA) is 78.1 Å². The standard InChI is InChI=1S/C40H26N2O4/c43-37-31-19-7-8-20-32(31)38(44)35-33(37)21-22-34-36(35)41(29-17-9-15-27(23-29)25-11-3-1-4-12-25)40(46)42(39(34)45)30-18-10-16-28(24-30)26-13-5-2-6-14-26/h1-20,22-24,33H,21H2. The van der Waals surface area contributed by atoms with Crippen molar-refractivity contribution in [3.8, 4) is 33.6 Å². The highest BCUT2D eigenvalue weighted by atomic mass is 16.2. The van der Waals surface area contributed by atoms with Crippen molar-refractivity contribution in [3.63, 3.8) is 0 Å². The molecule has 0 N–H and O–H groups in total. The van der Waals surface area contributed by atoms with Crippen LogP contribution in [0.25, 0.3) is 45.3 Å². The second kappa shape index (κ2) is 10.8. The fraction of sp³-hybridized carbons (Fsp3) is 0.0500. The van der Waals surface area contributed by atoms with Gasteiger partial charge in [0.2, 0.25) is 0 Å². The first-order valence-corrected chi connectivity index (χ1v) is 15.1. The maximum absolute atomic E-state index is 14.8. The van der Waals surface area contributed by atoms with Crippen molar-refractivity contribution in [2.45, 2.75) is 6.42 Å². The monoisotopic (exact) mass is 598 g/mol. The van der Waals surface area contributed by atoms with Crippen molar-refractivity contribution >= 4 is 23.2 Å². The van der Waals surface area contributed by atoms with E-state index < -0.39 is 17.2 Å². The highest BCUT2D eigenvalue weighted by Gasteiger charge is 2.39. The fourth-order valence-electron chi connectivity index (χ4n) is 6.70. The van der Waals surface area contributed by atoms with Crippen LogP contribution >= 0.6 is 0 Å². The summed E-state index contributed by atoms with van der Waals surface area (Å²) in [7, 11) is 0. The largest absolute Gasteiger partial charge is 0.340 e. The number of carbonyl (C=O) groups excluding carboxylic acids is 2. The number of hydrogen-bond donors (Lipinski definition) is 0. The number of ketones is 2. The van der Waals surface area contributed by atoms with Gasteiger partial charge >= 0.3 is 5.69 Å². The van der Waals surface area contributed by atoms with Gasteiger partial charge in [-0.1, -0.05) is 115 Å². The minimum Gasteiger partial charge on any atom is -0.293 e. The Bertz CT molecular complexity index is 2470. The van der Waals surface area contributed by atoms with Gasteiger partial charge in [-0.05, 0) is 52.9 Å². The van der Waals surface area contributed by atoms with Crippen LogP contribution < -0.4 is 21.8 Å². The van der Waals surface area contributed by atoms with Crippen molar-refractivity contribution in [2.75, 3.05) is 0 Å². The Morgan fingerprint density at radius 1 is 0.522 bits per heavy atom. The van der Waals surface area contributed by atoms with E-state index in [0.29, 0.717) is 16.9 Å². The molecule has 6 heteroatoms. The summed E-state index contributed by atoms with van der Waals surface area (Å²) in [5.74, 6) is -1.33. The number of Topliss-reactive ketones (excluding diaryl/α,β-unsaturated/α-hetero) is 2. The van der Waals surface area contributed by atoms with E-state index in [-0.39, 0.29) is 39.7 Å². The molecule has 2 aliphatic carbocycles. The Hall–Kier alpha value is -6.14. The molecule has 0 radical (unpaired) electrons. The highest BCUT2D eigenvalue weighted by molar-refractivity contribution is 6.35. The molecule has 0 aliphatic heterocycles. The van der Waals surface area contributed by atoms with Crippen molar-refractivity contribution < 1.29 is 9.59 Å².